The molecular weight excluding hydrogens is 485 g/mol. The van der Waals surface area contributed by atoms with Crippen molar-refractivity contribution in [3.8, 4) is 0 Å². The van der Waals surface area contributed by atoms with Gasteiger partial charge < -0.3 is 25.0 Å². The number of piperidine rings is 1. The van der Waals surface area contributed by atoms with Crippen molar-refractivity contribution >= 4 is 57.5 Å². The van der Waals surface area contributed by atoms with Gasteiger partial charge in [0.1, 0.15) is 10.6 Å². The van der Waals surface area contributed by atoms with Crippen molar-refractivity contribution in [2.45, 2.75) is 25.5 Å². The van der Waals surface area contributed by atoms with E-state index in [1.165, 1.54) is 14.2 Å². The highest BCUT2D eigenvalue weighted by atomic mass is 35.5. The molecule has 0 saturated carbocycles. The van der Waals surface area contributed by atoms with Gasteiger partial charge in [-0.1, -0.05) is 34.5 Å². The first kappa shape index (κ1) is 24.3. The van der Waals surface area contributed by atoms with Gasteiger partial charge >= 0.3 is 5.97 Å². The summed E-state index contributed by atoms with van der Waals surface area (Å²) in [7, 11) is 2.75. The third-order valence-electron chi connectivity index (χ3n) is 4.95. The number of carboxylic acids is 1. The second-order valence-corrected chi connectivity index (χ2v) is 8.69. The monoisotopic (exact) mass is 505 g/mol. The third-order valence-corrected chi connectivity index (χ3v) is 7.00. The predicted octanol–water partition coefficient (Wildman–Crippen LogP) is 2.10. The van der Waals surface area contributed by atoms with E-state index in [4.69, 9.17) is 27.9 Å². The maximum absolute atomic E-state index is 12.7. The van der Waals surface area contributed by atoms with Crippen molar-refractivity contribution in [3.05, 3.63) is 32.0 Å². The van der Waals surface area contributed by atoms with Crippen LogP contribution in [0, 0.1) is 6.92 Å². The Labute approximate surface area is 196 Å². The smallest absolute Gasteiger partial charge is 0.348 e. The van der Waals surface area contributed by atoms with Crippen LogP contribution in [-0.2, 0) is 9.57 Å². The Morgan fingerprint density at radius 2 is 1.97 bits per heavy atom. The molecule has 11 nitrogen and oxygen atoms in total. The molecule has 0 radical (unpaired) electrons. The van der Waals surface area contributed by atoms with E-state index in [0.29, 0.717) is 35.4 Å². The zero-order chi connectivity index (χ0) is 23.6. The van der Waals surface area contributed by atoms with Crippen LogP contribution in [0.15, 0.2) is 0 Å². The number of hydroxylamine groups is 1. The topological polar surface area (TPSA) is 146 Å². The summed E-state index contributed by atoms with van der Waals surface area (Å²) in [6, 6.07) is -0.336. The molecule has 14 heteroatoms. The lowest BCUT2D eigenvalue weighted by molar-refractivity contribution is 0.0522. The van der Waals surface area contributed by atoms with Crippen molar-refractivity contribution in [2.75, 3.05) is 32.2 Å². The van der Waals surface area contributed by atoms with E-state index in [1.807, 2.05) is 0 Å². The van der Waals surface area contributed by atoms with Crippen molar-refractivity contribution in [1.82, 2.24) is 20.8 Å². The lowest BCUT2D eigenvalue weighted by Gasteiger charge is -2.37. The second-order valence-electron chi connectivity index (χ2n) is 6.96. The van der Waals surface area contributed by atoms with E-state index in [1.54, 1.807) is 11.8 Å². The third kappa shape index (κ3) is 4.84. The van der Waals surface area contributed by atoms with Crippen LogP contribution in [0.25, 0.3) is 0 Å². The highest BCUT2D eigenvalue weighted by molar-refractivity contribution is 7.17. The number of aryl methyl sites for hydroxylation is 1. The largest absolute Gasteiger partial charge is 0.477 e. The fraction of sp³-hybridized carbons (Fsp3) is 0.444. The summed E-state index contributed by atoms with van der Waals surface area (Å²) < 4.78 is 5.56. The van der Waals surface area contributed by atoms with E-state index in [9.17, 15) is 19.5 Å². The highest BCUT2D eigenvalue weighted by Gasteiger charge is 2.34. The number of halogens is 2. The number of ether oxygens (including phenoxy) is 1. The number of amides is 2. The maximum Gasteiger partial charge on any atom is 0.348 e. The van der Waals surface area contributed by atoms with E-state index in [2.05, 4.69) is 25.6 Å². The van der Waals surface area contributed by atoms with Crippen LogP contribution in [0.2, 0.25) is 10.0 Å². The molecule has 3 heterocycles. The molecule has 2 amide bonds. The molecule has 2 atom stereocenters. The number of hydrogen-bond donors (Lipinski definition) is 4. The zero-order valence-corrected chi connectivity index (χ0v) is 19.7. The number of carboxylic acid groups (broad SMARTS) is 1. The molecule has 4 N–H and O–H groups in total. The molecule has 174 valence electrons. The Kier molecular flexibility index (Phi) is 7.62. The maximum atomic E-state index is 12.7. The van der Waals surface area contributed by atoms with Gasteiger partial charge in [-0.3, -0.25) is 14.4 Å². The van der Waals surface area contributed by atoms with E-state index in [-0.39, 0.29) is 27.3 Å². The molecule has 1 fully saturated rings. The Bertz CT molecular complexity index is 1040. The van der Waals surface area contributed by atoms with E-state index >= 15 is 0 Å². The Balaban J connectivity index is 1.75. The summed E-state index contributed by atoms with van der Waals surface area (Å²) in [5, 5.41) is 13.1. The van der Waals surface area contributed by atoms with Crippen molar-refractivity contribution in [2.24, 2.45) is 0 Å². The fourth-order valence-corrected chi connectivity index (χ4v) is 4.70. The molecule has 0 aliphatic carbocycles. The number of thiazole rings is 1. The minimum absolute atomic E-state index is 0.152. The number of anilines is 1. The number of carbonyl (C=O) groups excluding carboxylic acids is 2. The molecule has 1 aliphatic heterocycles. The first-order valence-corrected chi connectivity index (χ1v) is 10.9. The molecule has 32 heavy (non-hydrogen) atoms. The van der Waals surface area contributed by atoms with Crippen LogP contribution in [0.3, 0.4) is 0 Å². The zero-order valence-electron chi connectivity index (χ0n) is 17.3. The minimum Gasteiger partial charge on any atom is -0.477 e. The molecule has 2 unspecified atom stereocenters. The molecule has 2 aromatic heterocycles. The summed E-state index contributed by atoms with van der Waals surface area (Å²) in [6.45, 7) is 2.47. The average molecular weight is 506 g/mol. The standard InChI is InChI=1S/C18H21Cl2N5O6S/c1-7-10(19)11(20)12(21-7)15(26)22-8-4-5-25(6-9(8)30-2)18-23-13(16(27)24-31-3)14(32-18)17(28)29/h8-9,21H,4-6H2,1-3H3,(H,22,26)(H,24,27)(H,28,29). The number of nitrogens with one attached hydrogen (secondary N) is 3. The summed E-state index contributed by atoms with van der Waals surface area (Å²) >= 11 is 13.1. The number of nitrogens with zero attached hydrogens (tertiary/aromatic N) is 2. The van der Waals surface area contributed by atoms with Gasteiger partial charge in [0, 0.05) is 25.9 Å². The van der Waals surface area contributed by atoms with Crippen LogP contribution in [0.1, 0.15) is 42.8 Å². The van der Waals surface area contributed by atoms with Gasteiger partial charge in [-0.25, -0.2) is 15.3 Å². The molecule has 1 saturated heterocycles. The quantitative estimate of drug-likeness (QED) is 0.418. The van der Waals surface area contributed by atoms with Crippen molar-refractivity contribution < 1.29 is 29.1 Å². The van der Waals surface area contributed by atoms with E-state index < -0.39 is 23.9 Å². The molecule has 2 aromatic rings. The number of H-pyrrole nitrogens is 1. The number of hydrogen-bond acceptors (Lipinski definition) is 8. The van der Waals surface area contributed by atoms with Crippen molar-refractivity contribution in [1.29, 1.82) is 0 Å². The first-order valence-electron chi connectivity index (χ1n) is 9.37. The van der Waals surface area contributed by atoms with Crippen LogP contribution in [0.5, 0.6) is 0 Å². The van der Waals surface area contributed by atoms with Gasteiger partial charge in [0.25, 0.3) is 11.8 Å². The molecule has 0 aromatic carbocycles. The Morgan fingerprint density at radius 3 is 2.53 bits per heavy atom. The van der Waals surface area contributed by atoms with Crippen LogP contribution in [0.4, 0.5) is 5.13 Å². The molecule has 0 spiro atoms. The van der Waals surface area contributed by atoms with Crippen LogP contribution < -0.4 is 15.7 Å². The minimum atomic E-state index is -1.27. The normalized spacial score (nSPS) is 18.5. The molecule has 3 rings (SSSR count). The summed E-state index contributed by atoms with van der Waals surface area (Å²) in [6.07, 6.45) is 0.0584. The number of rotatable bonds is 7. The summed E-state index contributed by atoms with van der Waals surface area (Å²) in [4.78, 5) is 49.5. The molecular formula is C18H21Cl2N5O6S. The average Bonchev–Trinajstić information content (AvgIpc) is 3.32. The number of methoxy groups -OCH3 is 1. The highest BCUT2D eigenvalue weighted by Crippen LogP contribution is 2.31. The van der Waals surface area contributed by atoms with Gasteiger partial charge in [0.05, 0.1) is 29.3 Å². The van der Waals surface area contributed by atoms with Gasteiger partial charge in [-0.05, 0) is 13.3 Å². The number of carbonyl (C=O) groups is 3. The SMILES string of the molecule is CONC(=O)c1nc(N2CCC(NC(=O)c3[nH]c(C)c(Cl)c3Cl)C(OC)C2)sc1C(=O)O. The lowest BCUT2D eigenvalue weighted by atomic mass is 10.0. The van der Waals surface area contributed by atoms with Crippen LogP contribution in [-0.4, -0.2) is 72.3 Å². The van der Waals surface area contributed by atoms with Gasteiger partial charge in [-0.15, -0.1) is 0 Å². The van der Waals surface area contributed by atoms with Gasteiger partial charge in [0.15, 0.2) is 10.8 Å². The number of aromatic amines is 1. The predicted molar refractivity (Wildman–Crippen MR) is 118 cm³/mol. The van der Waals surface area contributed by atoms with Crippen LogP contribution >= 0.6 is 34.5 Å². The second kappa shape index (κ2) is 10.0. The van der Waals surface area contributed by atoms with Gasteiger partial charge in [0.2, 0.25) is 0 Å². The number of aromatic nitrogens is 2. The number of aromatic carboxylic acids is 1. The van der Waals surface area contributed by atoms with E-state index in [0.717, 1.165) is 11.3 Å². The Hall–Kier alpha value is -2.38. The molecule has 1 aliphatic rings. The summed E-state index contributed by atoms with van der Waals surface area (Å²) in [5.74, 6) is -2.43. The first-order chi connectivity index (χ1) is 15.2. The lowest BCUT2D eigenvalue weighted by Crippen LogP contribution is -2.55. The molecule has 0 bridgehead atoms. The van der Waals surface area contributed by atoms with Gasteiger partial charge in [-0.2, -0.15) is 0 Å². The summed E-state index contributed by atoms with van der Waals surface area (Å²) in [5.41, 5.74) is 2.60. The fourth-order valence-electron chi connectivity index (χ4n) is 3.35. The Morgan fingerprint density at radius 1 is 1.25 bits per heavy atom. The van der Waals surface area contributed by atoms with Crippen molar-refractivity contribution in [3.63, 3.8) is 0 Å².